The summed E-state index contributed by atoms with van der Waals surface area (Å²) in [4.78, 5) is 31.1. The van der Waals surface area contributed by atoms with Crippen LogP contribution in [0.15, 0.2) is 18.3 Å². The largest absolute Gasteiger partial charge is 0.339 e. The van der Waals surface area contributed by atoms with E-state index in [1.165, 1.54) is 18.3 Å². The van der Waals surface area contributed by atoms with Crippen LogP contribution in [0, 0.1) is 11.9 Å². The summed E-state index contributed by atoms with van der Waals surface area (Å²) in [6, 6.07) is 2.62. The first kappa shape index (κ1) is 13.0. The number of pyridine rings is 1. The molecular weight excluding hydrogens is 261 g/mol. The van der Waals surface area contributed by atoms with Crippen LogP contribution in [0.1, 0.15) is 23.2 Å². The lowest BCUT2D eigenvalue weighted by atomic mass is 10.2. The van der Waals surface area contributed by atoms with Gasteiger partial charge < -0.3 is 9.80 Å². The fraction of sp³-hybridized carbons (Fsp3) is 0.500. The molecular formula is C14H16FN3O2. The van der Waals surface area contributed by atoms with Crippen molar-refractivity contribution >= 4 is 11.8 Å². The maximum Gasteiger partial charge on any atom is 0.255 e. The van der Waals surface area contributed by atoms with Crippen LogP contribution in [-0.4, -0.2) is 52.8 Å². The minimum atomic E-state index is -0.596. The highest BCUT2D eigenvalue weighted by molar-refractivity contribution is 5.94. The molecule has 5 nitrogen and oxygen atoms in total. The zero-order valence-electron chi connectivity index (χ0n) is 11.1. The number of halogens is 1. The Hall–Kier alpha value is -1.98. The van der Waals surface area contributed by atoms with Crippen LogP contribution in [0.4, 0.5) is 4.39 Å². The van der Waals surface area contributed by atoms with Gasteiger partial charge in [0.25, 0.3) is 5.91 Å². The molecule has 0 atom stereocenters. The number of aromatic nitrogens is 1. The van der Waals surface area contributed by atoms with Gasteiger partial charge in [-0.05, 0) is 25.0 Å². The van der Waals surface area contributed by atoms with Crippen LogP contribution in [-0.2, 0) is 4.79 Å². The lowest BCUT2D eigenvalue weighted by molar-refractivity contribution is -0.134. The normalized spacial score (nSPS) is 19.1. The summed E-state index contributed by atoms with van der Waals surface area (Å²) in [6.07, 6.45) is 3.25. The van der Waals surface area contributed by atoms with Crippen LogP contribution < -0.4 is 0 Å². The predicted octanol–water partition coefficient (Wildman–Crippen LogP) is 0.915. The molecule has 0 bridgehead atoms. The Morgan fingerprint density at radius 1 is 1.10 bits per heavy atom. The van der Waals surface area contributed by atoms with Crippen LogP contribution in [0.5, 0.6) is 0 Å². The first-order chi connectivity index (χ1) is 9.65. The van der Waals surface area contributed by atoms with Crippen LogP contribution in [0.2, 0.25) is 0 Å². The Labute approximate surface area is 116 Å². The van der Waals surface area contributed by atoms with Gasteiger partial charge in [0.05, 0.1) is 5.56 Å². The summed E-state index contributed by atoms with van der Waals surface area (Å²) in [6.45, 7) is 2.20. The highest BCUT2D eigenvalue weighted by atomic mass is 19.1. The molecule has 20 heavy (non-hydrogen) atoms. The Morgan fingerprint density at radius 3 is 2.30 bits per heavy atom. The quantitative estimate of drug-likeness (QED) is 0.755. The van der Waals surface area contributed by atoms with Gasteiger partial charge in [-0.3, -0.25) is 9.59 Å². The summed E-state index contributed by atoms with van der Waals surface area (Å²) >= 11 is 0. The number of carbonyl (C=O) groups is 2. The third-order valence-corrected chi connectivity index (χ3v) is 3.78. The molecule has 2 amide bonds. The zero-order valence-corrected chi connectivity index (χ0v) is 11.1. The molecule has 1 aliphatic carbocycles. The number of hydrogen-bond donors (Lipinski definition) is 0. The number of piperazine rings is 1. The monoisotopic (exact) mass is 277 g/mol. The predicted molar refractivity (Wildman–Crippen MR) is 69.4 cm³/mol. The molecule has 0 radical (unpaired) electrons. The lowest BCUT2D eigenvalue weighted by Gasteiger charge is -2.34. The fourth-order valence-electron chi connectivity index (χ4n) is 2.40. The van der Waals surface area contributed by atoms with Crippen molar-refractivity contribution < 1.29 is 14.0 Å². The van der Waals surface area contributed by atoms with Gasteiger partial charge in [-0.15, -0.1) is 0 Å². The molecule has 1 saturated carbocycles. The molecule has 0 spiro atoms. The maximum atomic E-state index is 12.7. The second-order valence-electron chi connectivity index (χ2n) is 5.26. The van der Waals surface area contributed by atoms with Gasteiger partial charge >= 0.3 is 0 Å². The highest BCUT2D eigenvalue weighted by Crippen LogP contribution is 2.31. The van der Waals surface area contributed by atoms with Gasteiger partial charge in [0.1, 0.15) is 0 Å². The molecule has 1 aliphatic heterocycles. The molecule has 0 aromatic carbocycles. The van der Waals surface area contributed by atoms with E-state index in [-0.39, 0.29) is 17.7 Å². The summed E-state index contributed by atoms with van der Waals surface area (Å²) in [5.74, 6) is -0.309. The van der Waals surface area contributed by atoms with Crippen LogP contribution >= 0.6 is 0 Å². The minimum absolute atomic E-state index is 0.156. The van der Waals surface area contributed by atoms with E-state index >= 15 is 0 Å². The van der Waals surface area contributed by atoms with Crippen molar-refractivity contribution in [1.82, 2.24) is 14.8 Å². The van der Waals surface area contributed by atoms with Crippen LogP contribution in [0.3, 0.4) is 0 Å². The molecule has 2 fully saturated rings. The van der Waals surface area contributed by atoms with E-state index in [1.54, 1.807) is 4.90 Å². The average Bonchev–Trinajstić information content (AvgIpc) is 3.31. The third-order valence-electron chi connectivity index (χ3n) is 3.78. The third kappa shape index (κ3) is 2.64. The first-order valence-corrected chi connectivity index (χ1v) is 6.85. The van der Waals surface area contributed by atoms with Crippen LogP contribution in [0.25, 0.3) is 0 Å². The molecule has 1 aromatic heterocycles. The Kier molecular flexibility index (Phi) is 3.38. The number of hydrogen-bond acceptors (Lipinski definition) is 3. The second kappa shape index (κ2) is 5.19. The van der Waals surface area contributed by atoms with E-state index < -0.39 is 5.95 Å². The number of rotatable bonds is 2. The molecule has 0 unspecified atom stereocenters. The van der Waals surface area contributed by atoms with Gasteiger partial charge in [-0.1, -0.05) is 0 Å². The topological polar surface area (TPSA) is 53.5 Å². The number of nitrogens with zero attached hydrogens (tertiary/aromatic N) is 3. The van der Waals surface area contributed by atoms with E-state index in [4.69, 9.17) is 0 Å². The van der Waals surface area contributed by atoms with Crippen molar-refractivity contribution in [2.45, 2.75) is 12.8 Å². The van der Waals surface area contributed by atoms with Crippen molar-refractivity contribution in [2.75, 3.05) is 26.2 Å². The summed E-state index contributed by atoms with van der Waals surface area (Å²) in [5, 5.41) is 0. The molecule has 0 N–H and O–H groups in total. The van der Waals surface area contributed by atoms with Gasteiger partial charge in [-0.25, -0.2) is 4.98 Å². The Balaban J connectivity index is 1.58. The maximum absolute atomic E-state index is 12.7. The van der Waals surface area contributed by atoms with E-state index in [0.29, 0.717) is 31.7 Å². The number of amides is 2. The summed E-state index contributed by atoms with van der Waals surface area (Å²) in [7, 11) is 0. The average molecular weight is 277 g/mol. The van der Waals surface area contributed by atoms with Gasteiger partial charge in [0.2, 0.25) is 11.9 Å². The van der Waals surface area contributed by atoms with Crippen molar-refractivity contribution in [3.05, 3.63) is 29.8 Å². The summed E-state index contributed by atoms with van der Waals surface area (Å²) in [5.41, 5.74) is 0.383. The number of carbonyl (C=O) groups excluding carboxylic acids is 2. The second-order valence-corrected chi connectivity index (χ2v) is 5.26. The summed E-state index contributed by atoms with van der Waals surface area (Å²) < 4.78 is 12.7. The molecule has 6 heteroatoms. The smallest absolute Gasteiger partial charge is 0.255 e. The van der Waals surface area contributed by atoms with Crippen molar-refractivity contribution in [1.29, 1.82) is 0 Å². The van der Waals surface area contributed by atoms with Gasteiger partial charge in [0.15, 0.2) is 0 Å². The zero-order chi connectivity index (χ0) is 14.1. The fourth-order valence-corrected chi connectivity index (χ4v) is 2.40. The van der Waals surface area contributed by atoms with Gasteiger partial charge in [0, 0.05) is 38.3 Å². The molecule has 1 aromatic rings. The highest BCUT2D eigenvalue weighted by Gasteiger charge is 2.35. The Morgan fingerprint density at radius 2 is 1.75 bits per heavy atom. The molecule has 106 valence electrons. The Bertz CT molecular complexity index is 520. The van der Waals surface area contributed by atoms with E-state index in [2.05, 4.69) is 4.98 Å². The van der Waals surface area contributed by atoms with Crippen molar-refractivity contribution in [3.8, 4) is 0 Å². The molecule has 2 aliphatic rings. The SMILES string of the molecule is O=C(c1ccc(F)nc1)N1CCN(C(=O)C2CC2)CC1. The standard InChI is InChI=1S/C14H16FN3O2/c15-12-4-3-11(9-16-12)14(20)18-7-5-17(6-8-18)13(19)10-1-2-10/h3-4,9-10H,1-2,5-8H2. The van der Waals surface area contributed by atoms with E-state index in [0.717, 1.165) is 12.8 Å². The van der Waals surface area contributed by atoms with Crippen molar-refractivity contribution in [3.63, 3.8) is 0 Å². The minimum Gasteiger partial charge on any atom is -0.339 e. The van der Waals surface area contributed by atoms with E-state index in [9.17, 15) is 14.0 Å². The molecule has 2 heterocycles. The van der Waals surface area contributed by atoms with Gasteiger partial charge in [-0.2, -0.15) is 4.39 Å². The molecule has 3 rings (SSSR count). The van der Waals surface area contributed by atoms with E-state index in [1.807, 2.05) is 4.90 Å². The van der Waals surface area contributed by atoms with Crippen molar-refractivity contribution in [2.24, 2.45) is 5.92 Å². The lowest BCUT2D eigenvalue weighted by Crippen LogP contribution is -2.51. The molecule has 1 saturated heterocycles. The first-order valence-electron chi connectivity index (χ1n) is 6.85.